The molecule has 0 aliphatic heterocycles. The van der Waals surface area contributed by atoms with Gasteiger partial charge < -0.3 is 5.73 Å². The number of aromatic nitrogens is 3. The Morgan fingerprint density at radius 3 is 2.52 bits per heavy atom. The van der Waals surface area contributed by atoms with Crippen molar-refractivity contribution in [2.75, 3.05) is 5.73 Å². The molecule has 0 saturated heterocycles. The zero-order valence-corrected chi connectivity index (χ0v) is 12.5. The van der Waals surface area contributed by atoms with Crippen molar-refractivity contribution in [3.8, 4) is 5.69 Å². The molecule has 0 unspecified atom stereocenters. The molecule has 4 nitrogen and oxygen atoms in total. The summed E-state index contributed by atoms with van der Waals surface area (Å²) in [6.45, 7) is 4.19. The van der Waals surface area contributed by atoms with Gasteiger partial charge in [-0.1, -0.05) is 25.5 Å². The second-order valence-corrected chi connectivity index (χ2v) is 5.41. The number of aryl methyl sites for hydroxylation is 2. The second-order valence-electron chi connectivity index (χ2n) is 5.41. The Balaban J connectivity index is 1.95. The molecule has 108 valence electrons. The zero-order chi connectivity index (χ0) is 14.8. The maximum atomic E-state index is 5.92. The first kappa shape index (κ1) is 13.6. The topological polar surface area (TPSA) is 56.7 Å². The second kappa shape index (κ2) is 5.56. The average molecular weight is 280 g/mol. The SMILES string of the molecule is CCCCc1ccc(-n2nc3ccc(N)c(C)c3n2)cc1. The van der Waals surface area contributed by atoms with Gasteiger partial charge >= 0.3 is 0 Å². The van der Waals surface area contributed by atoms with Crippen LogP contribution >= 0.6 is 0 Å². The Hall–Kier alpha value is -2.36. The van der Waals surface area contributed by atoms with Crippen LogP contribution in [0.1, 0.15) is 30.9 Å². The first-order valence-corrected chi connectivity index (χ1v) is 7.40. The van der Waals surface area contributed by atoms with E-state index in [1.165, 1.54) is 18.4 Å². The molecule has 0 radical (unpaired) electrons. The van der Waals surface area contributed by atoms with E-state index in [4.69, 9.17) is 5.73 Å². The van der Waals surface area contributed by atoms with E-state index < -0.39 is 0 Å². The predicted octanol–water partition coefficient (Wildman–Crippen LogP) is 3.65. The van der Waals surface area contributed by atoms with Crippen LogP contribution in [0.5, 0.6) is 0 Å². The van der Waals surface area contributed by atoms with E-state index in [-0.39, 0.29) is 0 Å². The van der Waals surface area contributed by atoms with Crippen LogP contribution < -0.4 is 5.73 Å². The fraction of sp³-hybridized carbons (Fsp3) is 0.294. The predicted molar refractivity (Wildman–Crippen MR) is 86.6 cm³/mol. The third kappa shape index (κ3) is 2.61. The number of anilines is 1. The molecule has 1 aromatic heterocycles. The molecule has 0 fully saturated rings. The third-order valence-electron chi connectivity index (χ3n) is 3.84. The summed E-state index contributed by atoms with van der Waals surface area (Å²) in [5.41, 5.74) is 11.7. The van der Waals surface area contributed by atoms with Crippen molar-refractivity contribution in [1.29, 1.82) is 0 Å². The van der Waals surface area contributed by atoms with Crippen LogP contribution in [-0.2, 0) is 6.42 Å². The summed E-state index contributed by atoms with van der Waals surface area (Å²) in [6, 6.07) is 12.2. The van der Waals surface area contributed by atoms with Crippen molar-refractivity contribution < 1.29 is 0 Å². The number of rotatable bonds is 4. The summed E-state index contributed by atoms with van der Waals surface area (Å²) in [7, 11) is 0. The largest absolute Gasteiger partial charge is 0.398 e. The summed E-state index contributed by atoms with van der Waals surface area (Å²) in [4.78, 5) is 1.68. The van der Waals surface area contributed by atoms with Gasteiger partial charge in [0.1, 0.15) is 11.0 Å². The van der Waals surface area contributed by atoms with E-state index in [1.54, 1.807) is 4.80 Å². The highest BCUT2D eigenvalue weighted by Gasteiger charge is 2.08. The summed E-state index contributed by atoms with van der Waals surface area (Å²) in [5.74, 6) is 0. The lowest BCUT2D eigenvalue weighted by Gasteiger charge is -2.02. The fourth-order valence-corrected chi connectivity index (χ4v) is 2.42. The van der Waals surface area contributed by atoms with E-state index in [0.717, 1.165) is 34.4 Å². The minimum absolute atomic E-state index is 0.754. The molecule has 2 N–H and O–H groups in total. The molecular formula is C17H20N4. The Labute approximate surface area is 124 Å². The van der Waals surface area contributed by atoms with Gasteiger partial charge in [-0.05, 0) is 49.6 Å². The van der Waals surface area contributed by atoms with Crippen LogP contribution in [0.2, 0.25) is 0 Å². The van der Waals surface area contributed by atoms with Gasteiger partial charge in [-0.15, -0.1) is 10.2 Å². The normalized spacial score (nSPS) is 11.1. The summed E-state index contributed by atoms with van der Waals surface area (Å²) in [5, 5.41) is 9.09. The highest BCUT2D eigenvalue weighted by Crippen LogP contribution is 2.21. The zero-order valence-electron chi connectivity index (χ0n) is 12.5. The van der Waals surface area contributed by atoms with Gasteiger partial charge in [0, 0.05) is 11.3 Å². The number of hydrogen-bond acceptors (Lipinski definition) is 3. The quantitative estimate of drug-likeness (QED) is 0.742. The van der Waals surface area contributed by atoms with E-state index >= 15 is 0 Å². The molecule has 0 bridgehead atoms. The molecule has 0 aliphatic rings. The van der Waals surface area contributed by atoms with Crippen LogP contribution in [0.3, 0.4) is 0 Å². The van der Waals surface area contributed by atoms with Crippen molar-refractivity contribution >= 4 is 16.7 Å². The smallest absolute Gasteiger partial charge is 0.118 e. The molecule has 4 heteroatoms. The number of nitrogen functional groups attached to an aromatic ring is 1. The lowest BCUT2D eigenvalue weighted by Crippen LogP contribution is -1.98. The Morgan fingerprint density at radius 1 is 1.05 bits per heavy atom. The Bertz CT molecular complexity index is 756. The maximum Gasteiger partial charge on any atom is 0.118 e. The first-order chi connectivity index (χ1) is 10.2. The number of nitrogens with two attached hydrogens (primary N) is 1. The van der Waals surface area contributed by atoms with Crippen molar-refractivity contribution in [1.82, 2.24) is 15.0 Å². The highest BCUT2D eigenvalue weighted by atomic mass is 15.5. The lowest BCUT2D eigenvalue weighted by atomic mass is 10.1. The molecule has 1 heterocycles. The van der Waals surface area contributed by atoms with Crippen LogP contribution in [0, 0.1) is 6.92 Å². The van der Waals surface area contributed by atoms with Gasteiger partial charge in [0.05, 0.1) is 5.69 Å². The number of benzene rings is 2. The third-order valence-corrected chi connectivity index (χ3v) is 3.84. The standard InChI is InChI=1S/C17H20N4/c1-3-4-5-13-6-8-14(9-7-13)21-19-16-11-10-15(18)12(2)17(16)20-21/h6-11H,3-5,18H2,1-2H3. The number of fused-ring (bicyclic) bond motifs is 1. The Kier molecular flexibility index (Phi) is 3.60. The van der Waals surface area contributed by atoms with E-state index in [1.807, 2.05) is 19.1 Å². The summed E-state index contributed by atoms with van der Waals surface area (Å²) in [6.07, 6.45) is 3.57. The highest BCUT2D eigenvalue weighted by molar-refractivity contribution is 5.82. The molecule has 0 aliphatic carbocycles. The van der Waals surface area contributed by atoms with Crippen LogP contribution in [0.15, 0.2) is 36.4 Å². The molecule has 0 saturated carbocycles. The average Bonchev–Trinajstić information content (AvgIpc) is 2.94. The van der Waals surface area contributed by atoms with Gasteiger partial charge in [0.15, 0.2) is 0 Å². The molecular weight excluding hydrogens is 260 g/mol. The summed E-state index contributed by atoms with van der Waals surface area (Å²) < 4.78 is 0. The number of unbranched alkanes of at least 4 members (excludes halogenated alkanes) is 1. The molecule has 2 aromatic carbocycles. The number of hydrogen-bond donors (Lipinski definition) is 1. The number of nitrogens with zero attached hydrogens (tertiary/aromatic N) is 3. The Morgan fingerprint density at radius 2 is 1.81 bits per heavy atom. The van der Waals surface area contributed by atoms with Crippen molar-refractivity contribution in [2.24, 2.45) is 0 Å². The van der Waals surface area contributed by atoms with Crippen molar-refractivity contribution in [3.63, 3.8) is 0 Å². The minimum atomic E-state index is 0.754. The van der Waals surface area contributed by atoms with Gasteiger partial charge in [-0.25, -0.2) is 0 Å². The van der Waals surface area contributed by atoms with E-state index in [9.17, 15) is 0 Å². The van der Waals surface area contributed by atoms with Gasteiger partial charge in [-0.2, -0.15) is 4.80 Å². The van der Waals surface area contributed by atoms with Gasteiger partial charge in [-0.3, -0.25) is 0 Å². The molecule has 21 heavy (non-hydrogen) atoms. The molecule has 3 aromatic rings. The van der Waals surface area contributed by atoms with Gasteiger partial charge in [0.25, 0.3) is 0 Å². The van der Waals surface area contributed by atoms with Crippen LogP contribution in [0.25, 0.3) is 16.7 Å². The maximum absolute atomic E-state index is 5.92. The van der Waals surface area contributed by atoms with Crippen molar-refractivity contribution in [3.05, 3.63) is 47.5 Å². The van der Waals surface area contributed by atoms with E-state index in [2.05, 4.69) is 41.4 Å². The minimum Gasteiger partial charge on any atom is -0.398 e. The van der Waals surface area contributed by atoms with E-state index in [0.29, 0.717) is 0 Å². The van der Waals surface area contributed by atoms with Crippen molar-refractivity contribution in [2.45, 2.75) is 33.1 Å². The molecule has 0 spiro atoms. The van der Waals surface area contributed by atoms with Crippen LogP contribution in [-0.4, -0.2) is 15.0 Å². The van der Waals surface area contributed by atoms with Gasteiger partial charge in [0.2, 0.25) is 0 Å². The molecule has 3 rings (SSSR count). The monoisotopic (exact) mass is 280 g/mol. The molecule has 0 atom stereocenters. The lowest BCUT2D eigenvalue weighted by molar-refractivity contribution is 0.761. The summed E-state index contributed by atoms with van der Waals surface area (Å²) >= 11 is 0. The molecule has 0 amide bonds. The van der Waals surface area contributed by atoms with Crippen LogP contribution in [0.4, 0.5) is 5.69 Å². The fourth-order valence-electron chi connectivity index (χ4n) is 2.42. The first-order valence-electron chi connectivity index (χ1n) is 7.40.